The monoisotopic (exact) mass is 726 g/mol. The van der Waals surface area contributed by atoms with E-state index in [0.29, 0.717) is 94.9 Å². The number of fused-ring (bicyclic) bond motifs is 1. The highest BCUT2D eigenvalue weighted by Gasteiger charge is 2.26. The molecule has 12 nitrogen and oxygen atoms in total. The first-order valence-corrected chi connectivity index (χ1v) is 17.2. The average molecular weight is 728 g/mol. The van der Waals surface area contributed by atoms with Gasteiger partial charge in [0, 0.05) is 79.2 Å². The number of pyridine rings is 1. The number of hydrogen-bond acceptors (Lipinski definition) is 11. The van der Waals surface area contributed by atoms with Gasteiger partial charge in [0.25, 0.3) is 0 Å². The van der Waals surface area contributed by atoms with E-state index >= 15 is 0 Å². The molecule has 2 aliphatic rings. The number of amides is 1. The van der Waals surface area contributed by atoms with E-state index in [1.54, 1.807) is 39.9 Å². The number of aromatic nitrogens is 5. The predicted octanol–water partition coefficient (Wildman–Crippen LogP) is 5.88. The number of nitrogens with zero attached hydrogens (tertiary/aromatic N) is 6. The van der Waals surface area contributed by atoms with Gasteiger partial charge in [-0.05, 0) is 12.5 Å². The highest BCUT2D eigenvalue weighted by Crippen LogP contribution is 2.42. The fourth-order valence-electron chi connectivity index (χ4n) is 6.51. The molecule has 7 rings (SSSR count). The standard InChI is InChI=1S/C37H36Cl2N8O4/c1-49-32-12-13-41-30-19-47(18-26(30)32)20-31-37(51-3)46-28(17-43-31)25-9-5-7-23(35(25)39)22-6-4-8-24(34(22)38)27-16-42-29(36(45-27)50-2)15-40-14-21-10-11-33(48)44-21/h4-9,12-13,16-17,21,40H,10-11,14-15,18-20H2,1-3H3,(H,44,48)/t21-/m0/s1. The smallest absolute Gasteiger partial charge is 0.237 e. The fourth-order valence-corrected chi connectivity index (χ4v) is 7.16. The van der Waals surface area contributed by atoms with Crippen LogP contribution in [0, 0.1) is 0 Å². The molecular formula is C37H36Cl2N8O4. The lowest BCUT2D eigenvalue weighted by Crippen LogP contribution is -2.35. The topological polar surface area (TPSA) is 137 Å². The molecule has 5 heterocycles. The SMILES string of the molecule is COc1ccnc2c1CN(Cc1ncc(-c3cccc(-c4cccc(-c5cnc(CNC[C@@H]6CCC(=O)N6)c(OC)n5)c4Cl)c3Cl)nc1OC)C2. The van der Waals surface area contributed by atoms with Crippen molar-refractivity contribution in [2.75, 3.05) is 27.9 Å². The predicted molar refractivity (Wildman–Crippen MR) is 194 cm³/mol. The zero-order valence-corrected chi connectivity index (χ0v) is 29.9. The molecular weight excluding hydrogens is 691 g/mol. The summed E-state index contributed by atoms with van der Waals surface area (Å²) in [5.74, 6) is 1.72. The van der Waals surface area contributed by atoms with Crippen molar-refractivity contribution in [1.82, 2.24) is 40.5 Å². The second-order valence-corrected chi connectivity index (χ2v) is 13.0. The molecule has 1 fully saturated rings. The number of carbonyl (C=O) groups is 1. The molecule has 2 N–H and O–H groups in total. The first-order chi connectivity index (χ1) is 24.9. The number of carbonyl (C=O) groups excluding carboxylic acids is 1. The van der Waals surface area contributed by atoms with Gasteiger partial charge in [0.05, 0.1) is 60.9 Å². The van der Waals surface area contributed by atoms with E-state index in [0.717, 1.165) is 34.6 Å². The molecule has 3 aromatic heterocycles. The summed E-state index contributed by atoms with van der Waals surface area (Å²) in [6.07, 6.45) is 6.52. The Hall–Kier alpha value is -4.88. The van der Waals surface area contributed by atoms with Crippen LogP contribution in [0.2, 0.25) is 10.0 Å². The third kappa shape index (κ3) is 7.18. The van der Waals surface area contributed by atoms with E-state index in [9.17, 15) is 4.79 Å². The lowest BCUT2D eigenvalue weighted by Gasteiger charge is -2.17. The van der Waals surface area contributed by atoms with E-state index in [2.05, 4.69) is 25.5 Å². The fraction of sp³-hybridized carbons (Fsp3) is 0.297. The minimum Gasteiger partial charge on any atom is -0.496 e. The summed E-state index contributed by atoms with van der Waals surface area (Å²) in [6, 6.07) is 13.4. The summed E-state index contributed by atoms with van der Waals surface area (Å²) in [5.41, 5.74) is 7.37. The number of rotatable bonds is 12. The number of nitrogens with one attached hydrogen (secondary N) is 2. The van der Waals surface area contributed by atoms with Gasteiger partial charge in [0.1, 0.15) is 17.1 Å². The van der Waals surface area contributed by atoms with Crippen molar-refractivity contribution in [1.29, 1.82) is 0 Å². The molecule has 0 aliphatic carbocycles. The summed E-state index contributed by atoms with van der Waals surface area (Å²) in [5, 5.41) is 7.22. The van der Waals surface area contributed by atoms with Crippen LogP contribution >= 0.6 is 23.2 Å². The van der Waals surface area contributed by atoms with Crippen LogP contribution in [-0.4, -0.2) is 69.6 Å². The van der Waals surface area contributed by atoms with E-state index in [1.165, 1.54) is 0 Å². The van der Waals surface area contributed by atoms with Crippen LogP contribution in [0.1, 0.15) is 35.5 Å². The third-order valence-electron chi connectivity index (χ3n) is 9.07. The zero-order valence-electron chi connectivity index (χ0n) is 28.4. The molecule has 1 amide bonds. The first-order valence-electron chi connectivity index (χ1n) is 16.5. The van der Waals surface area contributed by atoms with Gasteiger partial charge in [0.15, 0.2) is 0 Å². The summed E-state index contributed by atoms with van der Waals surface area (Å²) < 4.78 is 16.8. The highest BCUT2D eigenvalue weighted by atomic mass is 35.5. The van der Waals surface area contributed by atoms with Gasteiger partial charge < -0.3 is 24.8 Å². The Morgan fingerprint density at radius 2 is 1.45 bits per heavy atom. The number of ether oxygens (including phenoxy) is 3. The molecule has 0 bridgehead atoms. The molecule has 51 heavy (non-hydrogen) atoms. The number of hydrogen-bond donors (Lipinski definition) is 2. The Morgan fingerprint density at radius 1 is 0.824 bits per heavy atom. The first kappa shape index (κ1) is 34.6. The summed E-state index contributed by atoms with van der Waals surface area (Å²) in [4.78, 5) is 37.2. The van der Waals surface area contributed by atoms with Crippen LogP contribution < -0.4 is 24.8 Å². The summed E-state index contributed by atoms with van der Waals surface area (Å²) >= 11 is 14.2. The van der Waals surface area contributed by atoms with Crippen molar-refractivity contribution in [3.8, 4) is 51.2 Å². The molecule has 0 radical (unpaired) electrons. The van der Waals surface area contributed by atoms with Crippen molar-refractivity contribution in [3.05, 3.63) is 93.7 Å². The van der Waals surface area contributed by atoms with Crippen LogP contribution in [0.4, 0.5) is 0 Å². The van der Waals surface area contributed by atoms with Gasteiger partial charge >= 0.3 is 0 Å². The molecule has 14 heteroatoms. The van der Waals surface area contributed by atoms with Crippen molar-refractivity contribution < 1.29 is 19.0 Å². The Kier molecular flexibility index (Phi) is 10.3. The third-order valence-corrected chi connectivity index (χ3v) is 9.88. The number of halogens is 2. The van der Waals surface area contributed by atoms with Gasteiger partial charge in [-0.2, -0.15) is 0 Å². The van der Waals surface area contributed by atoms with E-state index in [1.807, 2.05) is 42.5 Å². The maximum absolute atomic E-state index is 11.5. The lowest BCUT2D eigenvalue weighted by molar-refractivity contribution is -0.119. The van der Waals surface area contributed by atoms with Gasteiger partial charge in [-0.15, -0.1) is 0 Å². The second kappa shape index (κ2) is 15.2. The highest BCUT2D eigenvalue weighted by molar-refractivity contribution is 6.39. The molecule has 0 spiro atoms. The molecule has 1 saturated heterocycles. The molecule has 0 unspecified atom stereocenters. The minimum absolute atomic E-state index is 0.0825. The maximum Gasteiger partial charge on any atom is 0.237 e. The van der Waals surface area contributed by atoms with Crippen molar-refractivity contribution in [2.45, 2.75) is 45.1 Å². The maximum atomic E-state index is 11.5. The van der Waals surface area contributed by atoms with E-state index < -0.39 is 0 Å². The largest absolute Gasteiger partial charge is 0.496 e. The normalized spacial score (nSPS) is 15.5. The molecule has 262 valence electrons. The molecule has 1 atom stereocenters. The van der Waals surface area contributed by atoms with Gasteiger partial charge in [0.2, 0.25) is 17.7 Å². The van der Waals surface area contributed by atoms with Crippen LogP contribution in [0.5, 0.6) is 17.5 Å². The lowest BCUT2D eigenvalue weighted by atomic mass is 9.98. The summed E-state index contributed by atoms with van der Waals surface area (Å²) in [7, 11) is 4.81. The molecule has 2 aliphatic heterocycles. The molecule has 2 aromatic carbocycles. The summed E-state index contributed by atoms with van der Waals surface area (Å²) in [6.45, 7) is 2.96. The number of benzene rings is 2. The van der Waals surface area contributed by atoms with Crippen molar-refractivity contribution in [3.63, 3.8) is 0 Å². The Labute approximate surface area is 305 Å². The minimum atomic E-state index is 0.0825. The molecule has 0 saturated carbocycles. The molecule has 5 aromatic rings. The number of methoxy groups -OCH3 is 3. The van der Waals surface area contributed by atoms with E-state index in [-0.39, 0.29) is 11.9 Å². The Balaban J connectivity index is 1.11. The Morgan fingerprint density at radius 3 is 2.06 bits per heavy atom. The van der Waals surface area contributed by atoms with Crippen LogP contribution in [-0.2, 0) is 31.0 Å². The van der Waals surface area contributed by atoms with Gasteiger partial charge in [-0.3, -0.25) is 24.6 Å². The Bertz CT molecular complexity index is 2100. The van der Waals surface area contributed by atoms with E-state index in [4.69, 9.17) is 52.4 Å². The second-order valence-electron chi connectivity index (χ2n) is 12.3. The van der Waals surface area contributed by atoms with Gasteiger partial charge in [-0.25, -0.2) is 9.97 Å². The quantitative estimate of drug-likeness (QED) is 0.160. The van der Waals surface area contributed by atoms with Crippen LogP contribution in [0.15, 0.2) is 61.1 Å². The van der Waals surface area contributed by atoms with Crippen LogP contribution in [0.3, 0.4) is 0 Å². The van der Waals surface area contributed by atoms with Crippen LogP contribution in [0.25, 0.3) is 33.6 Å². The average Bonchev–Trinajstić information content (AvgIpc) is 3.77. The van der Waals surface area contributed by atoms with Crippen molar-refractivity contribution in [2.24, 2.45) is 0 Å². The van der Waals surface area contributed by atoms with Crippen molar-refractivity contribution >= 4 is 29.1 Å². The van der Waals surface area contributed by atoms with Gasteiger partial charge in [-0.1, -0.05) is 59.6 Å². The zero-order chi connectivity index (χ0) is 35.5.